The zero-order valence-corrected chi connectivity index (χ0v) is 24.7. The number of piperidine rings is 1. The molecule has 3 aliphatic rings. The number of halogens is 2. The average molecular weight is 598 g/mol. The SMILES string of the molecule is CS(=O)(=O)c1ccc(CN2CCC3(CCN(CCC(NC(=O)C4CC4)c4ccccn4)CC3)C2=O)cc1.Cl.Cl. The molecule has 2 aliphatic heterocycles. The van der Waals surface area contributed by atoms with E-state index in [4.69, 9.17) is 0 Å². The van der Waals surface area contributed by atoms with E-state index in [1.807, 2.05) is 23.1 Å². The number of nitrogens with one attached hydrogen (secondary N) is 1. The third-order valence-corrected chi connectivity index (χ3v) is 9.31. The van der Waals surface area contributed by atoms with E-state index in [0.29, 0.717) is 11.4 Å². The Bertz CT molecular complexity index is 1230. The van der Waals surface area contributed by atoms with Crippen molar-refractivity contribution in [3.05, 3.63) is 59.9 Å². The van der Waals surface area contributed by atoms with Crippen molar-refractivity contribution in [2.45, 2.75) is 56.0 Å². The quantitative estimate of drug-likeness (QED) is 0.472. The van der Waals surface area contributed by atoms with Crippen LogP contribution >= 0.6 is 24.8 Å². The van der Waals surface area contributed by atoms with E-state index >= 15 is 0 Å². The number of carbonyl (C=O) groups excluding carboxylic acids is 2. The Hall–Kier alpha value is -2.20. The van der Waals surface area contributed by atoms with Gasteiger partial charge in [0.15, 0.2) is 9.84 Å². The predicted octanol–water partition coefficient (Wildman–Crippen LogP) is 3.80. The highest BCUT2D eigenvalue weighted by Crippen LogP contribution is 2.42. The fourth-order valence-corrected chi connectivity index (χ4v) is 6.23. The van der Waals surface area contributed by atoms with Crippen LogP contribution in [-0.4, -0.2) is 67.5 Å². The molecule has 39 heavy (non-hydrogen) atoms. The second-order valence-corrected chi connectivity index (χ2v) is 12.9. The third kappa shape index (κ3) is 7.51. The fraction of sp³-hybridized carbons (Fsp3) is 0.536. The fourth-order valence-electron chi connectivity index (χ4n) is 5.60. The molecule has 3 heterocycles. The second-order valence-electron chi connectivity index (χ2n) is 10.9. The van der Waals surface area contributed by atoms with Crippen molar-refractivity contribution >= 4 is 46.5 Å². The van der Waals surface area contributed by atoms with Gasteiger partial charge in [0.2, 0.25) is 11.8 Å². The van der Waals surface area contributed by atoms with Gasteiger partial charge in [0.25, 0.3) is 0 Å². The highest BCUT2D eigenvalue weighted by molar-refractivity contribution is 7.90. The molecule has 1 atom stereocenters. The molecular formula is C28H38Cl2N4O4S. The Balaban J connectivity index is 0.00000210. The lowest BCUT2D eigenvalue weighted by Crippen LogP contribution is -2.45. The molecule has 1 N–H and O–H groups in total. The van der Waals surface area contributed by atoms with E-state index in [1.165, 1.54) is 6.26 Å². The van der Waals surface area contributed by atoms with E-state index in [1.54, 1.807) is 30.5 Å². The van der Waals surface area contributed by atoms with Crippen LogP contribution in [0.3, 0.4) is 0 Å². The molecule has 1 aromatic heterocycles. The van der Waals surface area contributed by atoms with Gasteiger partial charge in [0.1, 0.15) is 0 Å². The lowest BCUT2D eigenvalue weighted by molar-refractivity contribution is -0.139. The molecule has 214 valence electrons. The number of likely N-dealkylation sites (tertiary alicyclic amines) is 2. The number of sulfone groups is 1. The minimum Gasteiger partial charge on any atom is -0.347 e. The number of nitrogens with zero attached hydrogens (tertiary/aromatic N) is 3. The molecule has 3 fully saturated rings. The summed E-state index contributed by atoms with van der Waals surface area (Å²) in [5, 5.41) is 3.21. The van der Waals surface area contributed by atoms with E-state index in [-0.39, 0.29) is 54.0 Å². The number of carbonyl (C=O) groups is 2. The molecule has 11 heteroatoms. The third-order valence-electron chi connectivity index (χ3n) is 8.18. The number of rotatable bonds is 9. The molecule has 2 amide bonds. The molecule has 5 rings (SSSR count). The van der Waals surface area contributed by atoms with Crippen molar-refractivity contribution in [1.82, 2.24) is 20.1 Å². The molecule has 1 aromatic carbocycles. The van der Waals surface area contributed by atoms with Gasteiger partial charge in [-0.3, -0.25) is 14.6 Å². The van der Waals surface area contributed by atoms with Crippen molar-refractivity contribution in [2.24, 2.45) is 11.3 Å². The van der Waals surface area contributed by atoms with Gasteiger partial charge in [0.05, 0.1) is 22.0 Å². The molecule has 0 bridgehead atoms. The number of benzene rings is 1. The molecule has 1 aliphatic carbocycles. The van der Waals surface area contributed by atoms with Crippen LogP contribution in [0.5, 0.6) is 0 Å². The van der Waals surface area contributed by atoms with E-state index in [9.17, 15) is 18.0 Å². The maximum Gasteiger partial charge on any atom is 0.229 e. The molecular weight excluding hydrogens is 559 g/mol. The topological polar surface area (TPSA) is 99.7 Å². The standard InChI is InChI=1S/C28H36N4O4S.2ClH/c1-37(35,36)23-9-5-21(6-10-23)20-32-19-14-28(27(32)34)12-17-31(18-13-28)16-11-25(24-4-2-3-15-29-24)30-26(33)22-7-8-22;;/h2-6,9-10,15,22,25H,7-8,11-14,16-20H2,1H3,(H,30,33);2*1H. The first-order valence-corrected chi connectivity index (χ1v) is 15.1. The number of amides is 2. The van der Waals surface area contributed by atoms with E-state index in [0.717, 1.165) is 76.0 Å². The highest BCUT2D eigenvalue weighted by atomic mass is 35.5. The summed E-state index contributed by atoms with van der Waals surface area (Å²) in [6, 6.07) is 12.6. The monoisotopic (exact) mass is 596 g/mol. The molecule has 0 radical (unpaired) electrons. The Kier molecular flexibility index (Phi) is 10.4. The normalized spacial score (nSPS) is 19.7. The predicted molar refractivity (Wildman–Crippen MR) is 155 cm³/mol. The molecule has 2 saturated heterocycles. The van der Waals surface area contributed by atoms with Crippen molar-refractivity contribution in [3.8, 4) is 0 Å². The molecule has 2 aromatic rings. The van der Waals surface area contributed by atoms with Gasteiger partial charge in [-0.15, -0.1) is 24.8 Å². The van der Waals surface area contributed by atoms with Crippen LogP contribution in [0.4, 0.5) is 0 Å². The number of aromatic nitrogens is 1. The summed E-state index contributed by atoms with van der Waals surface area (Å²) < 4.78 is 23.4. The van der Waals surface area contributed by atoms with E-state index in [2.05, 4.69) is 15.2 Å². The summed E-state index contributed by atoms with van der Waals surface area (Å²) in [5.41, 5.74) is 1.56. The smallest absolute Gasteiger partial charge is 0.229 e. The molecule has 1 unspecified atom stereocenters. The Morgan fingerprint density at radius 3 is 2.31 bits per heavy atom. The van der Waals surface area contributed by atoms with Crippen molar-refractivity contribution < 1.29 is 18.0 Å². The summed E-state index contributed by atoms with van der Waals surface area (Å²) in [6.07, 6.45) is 8.29. The summed E-state index contributed by atoms with van der Waals surface area (Å²) >= 11 is 0. The second kappa shape index (κ2) is 13.0. The first-order chi connectivity index (χ1) is 17.7. The van der Waals surface area contributed by atoms with Gasteiger partial charge in [-0.25, -0.2) is 8.42 Å². The summed E-state index contributed by atoms with van der Waals surface area (Å²) in [7, 11) is -3.23. The van der Waals surface area contributed by atoms with Crippen LogP contribution in [0, 0.1) is 11.3 Å². The van der Waals surface area contributed by atoms with Gasteiger partial charge in [-0.05, 0) is 81.4 Å². The van der Waals surface area contributed by atoms with Gasteiger partial charge in [-0.2, -0.15) is 0 Å². The van der Waals surface area contributed by atoms with Crippen LogP contribution in [0.1, 0.15) is 55.8 Å². The first kappa shape index (κ1) is 31.3. The number of hydrogen-bond donors (Lipinski definition) is 1. The van der Waals surface area contributed by atoms with Crippen LogP contribution in [-0.2, 0) is 26.0 Å². The van der Waals surface area contributed by atoms with E-state index < -0.39 is 9.84 Å². The minimum atomic E-state index is -3.23. The van der Waals surface area contributed by atoms with Gasteiger partial charge < -0.3 is 15.1 Å². The van der Waals surface area contributed by atoms with Gasteiger partial charge in [0, 0.05) is 38.0 Å². The largest absolute Gasteiger partial charge is 0.347 e. The first-order valence-electron chi connectivity index (χ1n) is 13.3. The molecule has 1 saturated carbocycles. The Morgan fingerprint density at radius 2 is 1.72 bits per heavy atom. The zero-order valence-electron chi connectivity index (χ0n) is 22.3. The van der Waals surface area contributed by atoms with Crippen molar-refractivity contribution in [3.63, 3.8) is 0 Å². The lowest BCUT2D eigenvalue weighted by atomic mass is 9.77. The van der Waals surface area contributed by atoms with Crippen LogP contribution < -0.4 is 5.32 Å². The maximum absolute atomic E-state index is 13.4. The number of hydrogen-bond acceptors (Lipinski definition) is 6. The van der Waals surface area contributed by atoms with Crippen molar-refractivity contribution in [2.75, 3.05) is 32.4 Å². The minimum absolute atomic E-state index is 0. The average Bonchev–Trinajstić information content (AvgIpc) is 3.71. The highest BCUT2D eigenvalue weighted by Gasteiger charge is 2.47. The van der Waals surface area contributed by atoms with Gasteiger partial charge >= 0.3 is 0 Å². The molecule has 8 nitrogen and oxygen atoms in total. The zero-order chi connectivity index (χ0) is 26.0. The van der Waals surface area contributed by atoms with Crippen LogP contribution in [0.25, 0.3) is 0 Å². The lowest BCUT2D eigenvalue weighted by Gasteiger charge is -2.38. The Labute approximate surface area is 243 Å². The number of pyridine rings is 1. The van der Waals surface area contributed by atoms with Crippen LogP contribution in [0.15, 0.2) is 53.6 Å². The summed E-state index contributed by atoms with van der Waals surface area (Å²) in [4.78, 5) is 35.0. The van der Waals surface area contributed by atoms with Gasteiger partial charge in [-0.1, -0.05) is 18.2 Å². The maximum atomic E-state index is 13.4. The van der Waals surface area contributed by atoms with Crippen molar-refractivity contribution in [1.29, 1.82) is 0 Å². The molecule has 1 spiro atoms. The van der Waals surface area contributed by atoms with Crippen LogP contribution in [0.2, 0.25) is 0 Å². The summed E-state index contributed by atoms with van der Waals surface area (Å²) in [5.74, 6) is 0.522. The summed E-state index contributed by atoms with van der Waals surface area (Å²) in [6.45, 7) is 3.84. The Morgan fingerprint density at radius 1 is 1.05 bits per heavy atom.